The van der Waals surface area contributed by atoms with Gasteiger partial charge in [-0.25, -0.2) is 4.79 Å². The van der Waals surface area contributed by atoms with Crippen LogP contribution in [0.3, 0.4) is 0 Å². The van der Waals surface area contributed by atoms with Crippen molar-refractivity contribution in [3.05, 3.63) is 64.7 Å². The van der Waals surface area contributed by atoms with Crippen molar-refractivity contribution in [1.82, 2.24) is 21.1 Å². The maximum absolute atomic E-state index is 12.6. The third-order valence-corrected chi connectivity index (χ3v) is 6.27. The molecule has 0 atom stereocenters. The first-order valence-electron chi connectivity index (χ1n) is 11.1. The van der Waals surface area contributed by atoms with Gasteiger partial charge in [-0.2, -0.15) is 0 Å². The van der Waals surface area contributed by atoms with Gasteiger partial charge in [0.25, 0.3) is 11.8 Å². The van der Waals surface area contributed by atoms with Crippen molar-refractivity contribution in [3.63, 3.8) is 0 Å². The van der Waals surface area contributed by atoms with Crippen LogP contribution in [-0.4, -0.2) is 40.7 Å². The fourth-order valence-electron chi connectivity index (χ4n) is 4.12. The molecule has 5 amide bonds. The molecular weight excluding hydrogens is 460 g/mol. The summed E-state index contributed by atoms with van der Waals surface area (Å²) in [6.45, 7) is 0.279. The van der Waals surface area contributed by atoms with Crippen molar-refractivity contribution in [3.8, 4) is 5.75 Å². The Bertz CT molecular complexity index is 1080. The Balaban J connectivity index is 1.20. The van der Waals surface area contributed by atoms with E-state index in [9.17, 15) is 19.2 Å². The molecule has 9 nitrogen and oxygen atoms in total. The number of imide groups is 1. The van der Waals surface area contributed by atoms with E-state index in [0.717, 1.165) is 23.3 Å². The predicted octanol–water partition coefficient (Wildman–Crippen LogP) is 2.93. The minimum atomic E-state index is -0.798. The SMILES string of the molecule is O=C(CCN1C(=O)NC2(CCCC2)C1=O)NNC(=O)c1ccc(COc2ccc(Cl)cc2)cc1. The molecule has 2 aliphatic rings. The number of hydrazine groups is 1. The van der Waals surface area contributed by atoms with Crippen molar-refractivity contribution < 1.29 is 23.9 Å². The number of hydrogen-bond donors (Lipinski definition) is 3. The fraction of sp³-hybridized carbons (Fsp3) is 0.333. The lowest BCUT2D eigenvalue weighted by molar-refractivity contribution is -0.131. The van der Waals surface area contributed by atoms with Crippen LogP contribution in [0.25, 0.3) is 0 Å². The van der Waals surface area contributed by atoms with Gasteiger partial charge in [0, 0.05) is 23.6 Å². The van der Waals surface area contributed by atoms with Crippen molar-refractivity contribution >= 4 is 35.4 Å². The maximum Gasteiger partial charge on any atom is 0.325 e. The third kappa shape index (κ3) is 5.31. The Labute approximate surface area is 201 Å². The van der Waals surface area contributed by atoms with Crippen LogP contribution in [0.5, 0.6) is 5.75 Å². The molecule has 0 aromatic heterocycles. The van der Waals surface area contributed by atoms with Crippen molar-refractivity contribution in [2.75, 3.05) is 6.54 Å². The topological polar surface area (TPSA) is 117 Å². The summed E-state index contributed by atoms with van der Waals surface area (Å²) in [5.41, 5.74) is 5.08. The first-order chi connectivity index (χ1) is 16.4. The number of amides is 5. The molecule has 1 aliphatic carbocycles. The summed E-state index contributed by atoms with van der Waals surface area (Å²) in [6, 6.07) is 13.3. The molecule has 2 fully saturated rings. The number of urea groups is 1. The summed E-state index contributed by atoms with van der Waals surface area (Å²) in [5.74, 6) is -0.583. The summed E-state index contributed by atoms with van der Waals surface area (Å²) in [7, 11) is 0. The smallest absolute Gasteiger partial charge is 0.325 e. The second-order valence-electron chi connectivity index (χ2n) is 8.37. The molecule has 1 spiro atoms. The van der Waals surface area contributed by atoms with E-state index in [2.05, 4.69) is 16.2 Å². The number of halogens is 1. The third-order valence-electron chi connectivity index (χ3n) is 6.02. The summed E-state index contributed by atoms with van der Waals surface area (Å²) in [6.07, 6.45) is 2.92. The molecule has 3 N–H and O–H groups in total. The van der Waals surface area contributed by atoms with Gasteiger partial charge in [-0.3, -0.25) is 30.1 Å². The Morgan fingerprint density at radius 2 is 1.68 bits per heavy atom. The quantitative estimate of drug-likeness (QED) is 0.412. The minimum absolute atomic E-state index is 0.0452. The molecule has 1 saturated heterocycles. The summed E-state index contributed by atoms with van der Waals surface area (Å²) >= 11 is 5.85. The van der Waals surface area contributed by atoms with Gasteiger partial charge in [-0.05, 0) is 54.8 Å². The Morgan fingerprint density at radius 3 is 2.35 bits per heavy atom. The van der Waals surface area contributed by atoms with Gasteiger partial charge < -0.3 is 10.1 Å². The molecule has 2 aromatic carbocycles. The standard InChI is InChI=1S/C24H25ClN4O5/c25-18-7-9-19(10-8-18)34-15-16-3-5-17(6-4-16)21(31)28-27-20(30)11-14-29-22(32)24(26-23(29)33)12-1-2-13-24/h3-10H,1-2,11-15H2,(H,26,33)(H,27,30)(H,28,31). The van der Waals surface area contributed by atoms with E-state index in [-0.39, 0.29) is 18.9 Å². The minimum Gasteiger partial charge on any atom is -0.489 e. The average Bonchev–Trinajstić information content (AvgIpc) is 3.40. The van der Waals surface area contributed by atoms with Crippen LogP contribution >= 0.6 is 11.6 Å². The lowest BCUT2D eigenvalue weighted by Gasteiger charge is -2.19. The zero-order valence-corrected chi connectivity index (χ0v) is 19.2. The normalized spacial score (nSPS) is 16.4. The largest absolute Gasteiger partial charge is 0.489 e. The van der Waals surface area contributed by atoms with E-state index in [1.165, 1.54) is 0 Å². The van der Waals surface area contributed by atoms with E-state index in [1.54, 1.807) is 48.5 Å². The van der Waals surface area contributed by atoms with Crippen LogP contribution in [0.1, 0.15) is 48.0 Å². The van der Waals surface area contributed by atoms with Gasteiger partial charge in [0.05, 0.1) is 0 Å². The van der Waals surface area contributed by atoms with Crippen molar-refractivity contribution in [2.45, 2.75) is 44.2 Å². The summed E-state index contributed by atoms with van der Waals surface area (Å²) in [4.78, 5) is 50.3. The zero-order chi connectivity index (χ0) is 24.1. The van der Waals surface area contributed by atoms with Crippen LogP contribution in [-0.2, 0) is 16.2 Å². The van der Waals surface area contributed by atoms with Crippen molar-refractivity contribution in [1.29, 1.82) is 0 Å². The number of nitrogens with one attached hydrogen (secondary N) is 3. The molecular formula is C24H25ClN4O5. The molecule has 178 valence electrons. The van der Waals surface area contributed by atoms with E-state index >= 15 is 0 Å². The molecule has 10 heteroatoms. The van der Waals surface area contributed by atoms with Gasteiger partial charge in [0.15, 0.2) is 0 Å². The van der Waals surface area contributed by atoms with Gasteiger partial charge in [0.2, 0.25) is 5.91 Å². The van der Waals surface area contributed by atoms with Gasteiger partial charge in [-0.1, -0.05) is 36.6 Å². The highest BCUT2D eigenvalue weighted by Crippen LogP contribution is 2.35. The number of nitrogens with zero attached hydrogens (tertiary/aromatic N) is 1. The highest BCUT2D eigenvalue weighted by molar-refractivity contribution is 6.30. The number of ether oxygens (including phenoxy) is 1. The van der Waals surface area contributed by atoms with Crippen LogP contribution in [0, 0.1) is 0 Å². The van der Waals surface area contributed by atoms with Crippen LogP contribution in [0.2, 0.25) is 5.02 Å². The summed E-state index contributed by atoms with van der Waals surface area (Å²) in [5, 5.41) is 3.40. The zero-order valence-electron chi connectivity index (χ0n) is 18.4. The second kappa shape index (κ2) is 10.1. The van der Waals surface area contributed by atoms with Gasteiger partial charge >= 0.3 is 6.03 Å². The Morgan fingerprint density at radius 1 is 1.00 bits per heavy atom. The first-order valence-corrected chi connectivity index (χ1v) is 11.4. The Hall–Kier alpha value is -3.59. The lowest BCUT2D eigenvalue weighted by atomic mass is 9.98. The molecule has 1 heterocycles. The van der Waals surface area contributed by atoms with E-state index < -0.39 is 23.4 Å². The highest BCUT2D eigenvalue weighted by atomic mass is 35.5. The number of hydrogen-bond acceptors (Lipinski definition) is 5. The number of carbonyl (C=O) groups excluding carboxylic acids is 4. The van der Waals surface area contributed by atoms with Crippen LogP contribution in [0.4, 0.5) is 4.79 Å². The molecule has 1 saturated carbocycles. The van der Waals surface area contributed by atoms with Gasteiger partial charge in [-0.15, -0.1) is 0 Å². The van der Waals surface area contributed by atoms with Gasteiger partial charge in [0.1, 0.15) is 17.9 Å². The van der Waals surface area contributed by atoms with E-state index in [4.69, 9.17) is 16.3 Å². The molecule has 34 heavy (non-hydrogen) atoms. The lowest BCUT2D eigenvalue weighted by Crippen LogP contribution is -2.45. The number of benzene rings is 2. The molecule has 2 aromatic rings. The highest BCUT2D eigenvalue weighted by Gasteiger charge is 2.52. The van der Waals surface area contributed by atoms with E-state index in [0.29, 0.717) is 35.8 Å². The molecule has 4 rings (SSSR count). The molecule has 0 unspecified atom stereocenters. The first kappa shape index (κ1) is 23.6. The maximum atomic E-state index is 12.6. The average molecular weight is 485 g/mol. The monoisotopic (exact) mass is 484 g/mol. The van der Waals surface area contributed by atoms with Crippen molar-refractivity contribution in [2.24, 2.45) is 0 Å². The molecule has 0 bridgehead atoms. The molecule has 0 radical (unpaired) electrons. The summed E-state index contributed by atoms with van der Waals surface area (Å²) < 4.78 is 5.67. The Kier molecular flexibility index (Phi) is 7.02. The molecule has 1 aliphatic heterocycles. The van der Waals surface area contributed by atoms with Crippen LogP contribution in [0.15, 0.2) is 48.5 Å². The predicted molar refractivity (Wildman–Crippen MR) is 124 cm³/mol. The number of carbonyl (C=O) groups is 4. The number of rotatable bonds is 7. The fourth-order valence-corrected chi connectivity index (χ4v) is 4.25. The van der Waals surface area contributed by atoms with Crippen LogP contribution < -0.4 is 20.9 Å². The van der Waals surface area contributed by atoms with E-state index in [1.807, 2.05) is 0 Å². The second-order valence-corrected chi connectivity index (χ2v) is 8.80.